The fourth-order valence-electron chi connectivity index (χ4n) is 4.50. The molecule has 1 N–H and O–H groups in total. The van der Waals surface area contributed by atoms with Crippen LogP contribution < -0.4 is 14.8 Å². The van der Waals surface area contributed by atoms with Crippen molar-refractivity contribution in [3.8, 4) is 11.5 Å². The van der Waals surface area contributed by atoms with Gasteiger partial charge in [-0.2, -0.15) is 0 Å². The molecule has 0 radical (unpaired) electrons. The van der Waals surface area contributed by atoms with Crippen molar-refractivity contribution >= 4 is 5.91 Å². The molecule has 3 aromatic rings. The SMILES string of the molecule is COc1cc(C(=O)NC(CCC2=CCCOCC2)c2ccccc2)cc(C)c1OCc1ccccc1. The molecule has 4 rings (SSSR count). The second-order valence-corrected chi connectivity index (χ2v) is 9.09. The van der Waals surface area contributed by atoms with Crippen LogP contribution in [0.25, 0.3) is 0 Å². The molecule has 1 heterocycles. The van der Waals surface area contributed by atoms with Gasteiger partial charge in [-0.05, 0) is 61.4 Å². The predicted molar refractivity (Wildman–Crippen MR) is 143 cm³/mol. The maximum absolute atomic E-state index is 13.4. The Hall–Kier alpha value is -3.57. The van der Waals surface area contributed by atoms with Gasteiger partial charge in [0.25, 0.3) is 5.91 Å². The lowest BCUT2D eigenvalue weighted by Crippen LogP contribution is -2.29. The maximum atomic E-state index is 13.4. The Labute approximate surface area is 214 Å². The Morgan fingerprint density at radius 2 is 1.78 bits per heavy atom. The molecule has 0 aromatic heterocycles. The third-order valence-corrected chi connectivity index (χ3v) is 6.47. The minimum Gasteiger partial charge on any atom is -0.493 e. The molecule has 5 nitrogen and oxygen atoms in total. The van der Waals surface area contributed by atoms with Gasteiger partial charge in [0, 0.05) is 5.56 Å². The largest absolute Gasteiger partial charge is 0.493 e. The summed E-state index contributed by atoms with van der Waals surface area (Å²) in [5, 5.41) is 3.27. The van der Waals surface area contributed by atoms with E-state index in [9.17, 15) is 4.79 Å². The Morgan fingerprint density at radius 1 is 1.03 bits per heavy atom. The van der Waals surface area contributed by atoms with E-state index in [0.29, 0.717) is 23.7 Å². The summed E-state index contributed by atoms with van der Waals surface area (Å²) >= 11 is 0. The monoisotopic (exact) mass is 485 g/mol. The van der Waals surface area contributed by atoms with E-state index in [-0.39, 0.29) is 11.9 Å². The molecule has 1 aliphatic heterocycles. The van der Waals surface area contributed by atoms with Gasteiger partial charge < -0.3 is 19.5 Å². The van der Waals surface area contributed by atoms with Gasteiger partial charge >= 0.3 is 0 Å². The fourth-order valence-corrected chi connectivity index (χ4v) is 4.50. The van der Waals surface area contributed by atoms with E-state index in [1.54, 1.807) is 13.2 Å². The Kier molecular flexibility index (Phi) is 9.17. The lowest BCUT2D eigenvalue weighted by molar-refractivity contribution is 0.0934. The van der Waals surface area contributed by atoms with E-state index in [0.717, 1.165) is 55.6 Å². The first-order valence-electron chi connectivity index (χ1n) is 12.6. The lowest BCUT2D eigenvalue weighted by atomic mass is 9.97. The van der Waals surface area contributed by atoms with Crippen LogP contribution in [0.4, 0.5) is 0 Å². The van der Waals surface area contributed by atoms with Crippen molar-refractivity contribution in [2.45, 2.75) is 45.3 Å². The summed E-state index contributed by atoms with van der Waals surface area (Å²) in [6.07, 6.45) is 5.96. The second kappa shape index (κ2) is 12.9. The molecule has 1 amide bonds. The molecule has 3 aromatic carbocycles. The average molecular weight is 486 g/mol. The van der Waals surface area contributed by atoms with Gasteiger partial charge in [-0.1, -0.05) is 72.3 Å². The highest BCUT2D eigenvalue weighted by molar-refractivity contribution is 5.95. The molecule has 0 bridgehead atoms. The van der Waals surface area contributed by atoms with E-state index in [1.807, 2.05) is 61.5 Å². The molecular weight excluding hydrogens is 450 g/mol. The first-order valence-corrected chi connectivity index (χ1v) is 12.6. The van der Waals surface area contributed by atoms with Crippen molar-refractivity contribution in [1.82, 2.24) is 5.32 Å². The van der Waals surface area contributed by atoms with E-state index in [4.69, 9.17) is 14.2 Å². The van der Waals surface area contributed by atoms with Gasteiger partial charge in [0.1, 0.15) is 6.61 Å². The Bertz CT molecular complexity index is 1160. The van der Waals surface area contributed by atoms with Crippen LogP contribution in [-0.2, 0) is 11.3 Å². The number of aryl methyl sites for hydroxylation is 1. The number of hydrogen-bond acceptors (Lipinski definition) is 4. The summed E-state index contributed by atoms with van der Waals surface area (Å²) in [5.74, 6) is 1.08. The molecular formula is C31H35NO4. The average Bonchev–Trinajstić information content (AvgIpc) is 3.20. The van der Waals surface area contributed by atoms with Crippen molar-refractivity contribution in [3.63, 3.8) is 0 Å². The van der Waals surface area contributed by atoms with Crippen LogP contribution >= 0.6 is 0 Å². The van der Waals surface area contributed by atoms with Crippen molar-refractivity contribution in [1.29, 1.82) is 0 Å². The summed E-state index contributed by atoms with van der Waals surface area (Å²) < 4.78 is 17.3. The van der Waals surface area contributed by atoms with Gasteiger partial charge in [0.15, 0.2) is 11.5 Å². The number of nitrogens with one attached hydrogen (secondary N) is 1. The van der Waals surface area contributed by atoms with E-state index in [2.05, 4.69) is 23.5 Å². The minimum absolute atomic E-state index is 0.0934. The van der Waals surface area contributed by atoms with E-state index < -0.39 is 0 Å². The summed E-state index contributed by atoms with van der Waals surface area (Å²) in [6.45, 7) is 3.93. The highest BCUT2D eigenvalue weighted by atomic mass is 16.5. The van der Waals surface area contributed by atoms with Crippen LogP contribution in [0.15, 0.2) is 84.4 Å². The maximum Gasteiger partial charge on any atom is 0.251 e. The summed E-state index contributed by atoms with van der Waals surface area (Å²) in [4.78, 5) is 13.4. The molecule has 1 unspecified atom stereocenters. The van der Waals surface area contributed by atoms with Crippen molar-refractivity contribution in [2.75, 3.05) is 20.3 Å². The van der Waals surface area contributed by atoms with Crippen LogP contribution in [0, 0.1) is 6.92 Å². The molecule has 36 heavy (non-hydrogen) atoms. The summed E-state index contributed by atoms with van der Waals surface area (Å²) in [7, 11) is 1.60. The third kappa shape index (κ3) is 6.98. The van der Waals surface area contributed by atoms with Crippen LogP contribution in [-0.4, -0.2) is 26.2 Å². The Balaban J connectivity index is 1.49. The van der Waals surface area contributed by atoms with E-state index >= 15 is 0 Å². The standard InChI is InChI=1S/C31H35NO4/c1-23-20-27(21-29(34-2)30(23)36-22-25-10-5-3-6-11-25)31(33)32-28(26-13-7-4-8-14-26)16-15-24-12-9-18-35-19-17-24/h3-8,10-14,20-21,28H,9,15-19,22H2,1-2H3,(H,32,33). The van der Waals surface area contributed by atoms with Crippen LogP contribution in [0.2, 0.25) is 0 Å². The van der Waals surface area contributed by atoms with E-state index in [1.165, 1.54) is 5.57 Å². The highest BCUT2D eigenvalue weighted by Crippen LogP contribution is 2.33. The normalized spacial score (nSPS) is 14.3. The quantitative estimate of drug-likeness (QED) is 0.330. The van der Waals surface area contributed by atoms with Gasteiger partial charge in [-0.3, -0.25) is 4.79 Å². The van der Waals surface area contributed by atoms with Crippen LogP contribution in [0.1, 0.15) is 58.8 Å². The zero-order chi connectivity index (χ0) is 25.2. The van der Waals surface area contributed by atoms with Gasteiger partial charge in [-0.15, -0.1) is 0 Å². The zero-order valence-corrected chi connectivity index (χ0v) is 21.2. The summed E-state index contributed by atoms with van der Waals surface area (Å²) in [6, 6.07) is 23.7. The molecule has 188 valence electrons. The predicted octanol–water partition coefficient (Wildman–Crippen LogP) is 6.57. The lowest BCUT2D eigenvalue weighted by Gasteiger charge is -2.21. The second-order valence-electron chi connectivity index (χ2n) is 9.09. The summed E-state index contributed by atoms with van der Waals surface area (Å²) in [5.41, 5.74) is 4.99. The fraction of sp³-hybridized carbons (Fsp3) is 0.323. The minimum atomic E-state index is -0.127. The van der Waals surface area contributed by atoms with Gasteiger partial charge in [0.2, 0.25) is 0 Å². The molecule has 1 atom stereocenters. The number of benzene rings is 3. The number of methoxy groups -OCH3 is 1. The molecule has 5 heteroatoms. The molecule has 0 fully saturated rings. The van der Waals surface area contributed by atoms with Gasteiger partial charge in [0.05, 0.1) is 26.4 Å². The zero-order valence-electron chi connectivity index (χ0n) is 21.2. The molecule has 0 spiro atoms. The smallest absolute Gasteiger partial charge is 0.251 e. The molecule has 0 saturated carbocycles. The third-order valence-electron chi connectivity index (χ3n) is 6.47. The van der Waals surface area contributed by atoms with Crippen molar-refractivity contribution < 1.29 is 19.0 Å². The number of carbonyl (C=O) groups is 1. The topological polar surface area (TPSA) is 56.8 Å². The van der Waals surface area contributed by atoms with Crippen molar-refractivity contribution in [2.24, 2.45) is 0 Å². The molecule has 0 aliphatic carbocycles. The number of rotatable bonds is 10. The first kappa shape index (κ1) is 25.5. The van der Waals surface area contributed by atoms with Gasteiger partial charge in [-0.25, -0.2) is 0 Å². The number of amides is 1. The van der Waals surface area contributed by atoms with Crippen LogP contribution in [0.3, 0.4) is 0 Å². The van der Waals surface area contributed by atoms with Crippen molar-refractivity contribution in [3.05, 3.63) is 107 Å². The van der Waals surface area contributed by atoms with Crippen LogP contribution in [0.5, 0.6) is 11.5 Å². The first-order chi connectivity index (χ1) is 17.6. The number of carbonyl (C=O) groups excluding carboxylic acids is 1. The number of ether oxygens (including phenoxy) is 3. The molecule has 1 aliphatic rings. The molecule has 0 saturated heterocycles. The highest BCUT2D eigenvalue weighted by Gasteiger charge is 2.20. The Morgan fingerprint density at radius 3 is 2.53 bits per heavy atom. The number of hydrogen-bond donors (Lipinski definition) is 1.